The van der Waals surface area contributed by atoms with Crippen molar-refractivity contribution < 1.29 is 9.47 Å². The Bertz CT molecular complexity index is 783. The summed E-state index contributed by atoms with van der Waals surface area (Å²) in [7, 11) is 0. The van der Waals surface area contributed by atoms with Gasteiger partial charge in [-0.05, 0) is 30.9 Å². The summed E-state index contributed by atoms with van der Waals surface area (Å²) in [6.07, 6.45) is 7.55. The fourth-order valence-corrected chi connectivity index (χ4v) is 4.49. The Hall–Kier alpha value is -2.18. The molecule has 142 valence electrons. The van der Waals surface area contributed by atoms with E-state index in [0.29, 0.717) is 12.1 Å². The van der Waals surface area contributed by atoms with Crippen LogP contribution >= 0.6 is 0 Å². The molecule has 2 aromatic rings. The first-order valence-electron chi connectivity index (χ1n) is 9.88. The van der Waals surface area contributed by atoms with Gasteiger partial charge in [0.05, 0.1) is 12.7 Å². The summed E-state index contributed by atoms with van der Waals surface area (Å²) in [5.74, 6) is 1.74. The van der Waals surface area contributed by atoms with Crippen LogP contribution in [0.15, 0.2) is 36.7 Å². The molecule has 2 fully saturated rings. The van der Waals surface area contributed by atoms with Crippen molar-refractivity contribution in [2.24, 2.45) is 5.41 Å². The number of ether oxygens (including phenoxy) is 2. The number of fused-ring (bicyclic) bond motifs is 1. The molecule has 6 nitrogen and oxygen atoms in total. The number of anilines is 1. The Balaban J connectivity index is 1.12. The van der Waals surface area contributed by atoms with Crippen molar-refractivity contribution in [3.05, 3.63) is 47.8 Å². The van der Waals surface area contributed by atoms with Crippen LogP contribution in [-0.2, 0) is 17.7 Å². The average molecular weight is 366 g/mol. The van der Waals surface area contributed by atoms with Crippen LogP contribution < -0.4 is 10.1 Å². The van der Waals surface area contributed by atoms with Crippen molar-refractivity contribution in [1.29, 1.82) is 0 Å². The zero-order chi connectivity index (χ0) is 18.1. The number of rotatable bonds is 5. The predicted molar refractivity (Wildman–Crippen MR) is 103 cm³/mol. The van der Waals surface area contributed by atoms with Crippen molar-refractivity contribution in [2.75, 3.05) is 38.2 Å². The summed E-state index contributed by atoms with van der Waals surface area (Å²) in [6.45, 7) is 5.52. The van der Waals surface area contributed by atoms with Gasteiger partial charge in [0.1, 0.15) is 5.75 Å². The molecule has 0 bridgehead atoms. The van der Waals surface area contributed by atoms with Crippen LogP contribution in [0.2, 0.25) is 0 Å². The lowest BCUT2D eigenvalue weighted by Crippen LogP contribution is -2.60. The van der Waals surface area contributed by atoms with Gasteiger partial charge in [0, 0.05) is 56.2 Å². The molecule has 0 saturated carbocycles. The molecule has 3 aliphatic heterocycles. The third kappa shape index (κ3) is 3.64. The van der Waals surface area contributed by atoms with Crippen LogP contribution in [0.25, 0.3) is 0 Å². The van der Waals surface area contributed by atoms with Crippen LogP contribution in [0.1, 0.15) is 24.0 Å². The van der Waals surface area contributed by atoms with Crippen LogP contribution in [0.5, 0.6) is 5.75 Å². The zero-order valence-corrected chi connectivity index (χ0v) is 15.6. The lowest BCUT2D eigenvalue weighted by atomic mass is 9.74. The summed E-state index contributed by atoms with van der Waals surface area (Å²) in [6, 6.07) is 8.41. The molecule has 0 amide bonds. The fraction of sp³-hybridized carbons (Fsp3) is 0.524. The highest BCUT2D eigenvalue weighted by Crippen LogP contribution is 2.41. The number of benzene rings is 1. The fourth-order valence-electron chi connectivity index (χ4n) is 4.49. The van der Waals surface area contributed by atoms with Gasteiger partial charge < -0.3 is 14.8 Å². The van der Waals surface area contributed by atoms with Gasteiger partial charge in [-0.1, -0.05) is 18.2 Å². The highest BCUT2D eigenvalue weighted by molar-refractivity contribution is 5.37. The Labute approximate surface area is 159 Å². The minimum atomic E-state index is 0.276. The summed E-state index contributed by atoms with van der Waals surface area (Å²) >= 11 is 0. The maximum atomic E-state index is 5.99. The molecule has 0 radical (unpaired) electrons. The quantitative estimate of drug-likeness (QED) is 0.877. The predicted octanol–water partition coefficient (Wildman–Crippen LogP) is 2.50. The van der Waals surface area contributed by atoms with E-state index in [-0.39, 0.29) is 5.41 Å². The van der Waals surface area contributed by atoms with Crippen molar-refractivity contribution >= 4 is 5.95 Å². The number of nitrogens with zero attached hydrogens (tertiary/aromatic N) is 3. The summed E-state index contributed by atoms with van der Waals surface area (Å²) in [4.78, 5) is 11.4. The molecular formula is C21H26N4O2. The van der Waals surface area contributed by atoms with E-state index in [0.717, 1.165) is 70.0 Å². The highest BCUT2D eigenvalue weighted by Gasteiger charge is 2.45. The van der Waals surface area contributed by atoms with Crippen molar-refractivity contribution in [1.82, 2.24) is 14.9 Å². The molecule has 5 rings (SSSR count). The Morgan fingerprint density at radius 3 is 2.85 bits per heavy atom. The summed E-state index contributed by atoms with van der Waals surface area (Å²) in [5.41, 5.74) is 2.77. The van der Waals surface area contributed by atoms with Gasteiger partial charge in [-0.25, -0.2) is 9.97 Å². The molecule has 3 aliphatic rings. The third-order valence-corrected chi connectivity index (χ3v) is 5.81. The SMILES string of the molecule is c1ccc2c(c1)CC1(CO2)CN(Cc2cnc(NCC3CCCO3)nc2)C1. The number of nitrogens with one attached hydrogen (secondary N) is 1. The minimum absolute atomic E-state index is 0.276. The van der Waals surface area contributed by atoms with Crippen molar-refractivity contribution in [3.8, 4) is 5.75 Å². The number of hydrogen-bond acceptors (Lipinski definition) is 6. The van der Waals surface area contributed by atoms with Crippen LogP contribution in [0.4, 0.5) is 5.95 Å². The van der Waals surface area contributed by atoms with E-state index in [4.69, 9.17) is 9.47 Å². The summed E-state index contributed by atoms with van der Waals surface area (Å²) in [5, 5.41) is 3.27. The standard InChI is InChI=1S/C21H26N4O2/c1-2-6-19-17(4-1)8-21(15-27-19)13-25(14-21)12-16-9-22-20(23-10-16)24-11-18-5-3-7-26-18/h1-2,4,6,9-10,18H,3,5,7-8,11-15H2,(H,22,23,24). The smallest absolute Gasteiger partial charge is 0.222 e. The molecule has 4 heterocycles. The first-order valence-corrected chi connectivity index (χ1v) is 9.88. The number of hydrogen-bond donors (Lipinski definition) is 1. The van der Waals surface area contributed by atoms with Gasteiger partial charge >= 0.3 is 0 Å². The number of para-hydroxylation sites is 1. The maximum Gasteiger partial charge on any atom is 0.222 e. The zero-order valence-electron chi connectivity index (χ0n) is 15.6. The number of aromatic nitrogens is 2. The second kappa shape index (κ2) is 7.09. The molecule has 1 unspecified atom stereocenters. The molecule has 1 aromatic heterocycles. The van der Waals surface area contributed by atoms with E-state index >= 15 is 0 Å². The second-order valence-corrected chi connectivity index (χ2v) is 8.15. The van der Waals surface area contributed by atoms with E-state index in [2.05, 4.69) is 38.4 Å². The van der Waals surface area contributed by atoms with E-state index in [9.17, 15) is 0 Å². The lowest BCUT2D eigenvalue weighted by Gasteiger charge is -2.52. The van der Waals surface area contributed by atoms with E-state index in [1.54, 1.807) is 0 Å². The number of likely N-dealkylation sites (tertiary alicyclic amines) is 1. The van der Waals surface area contributed by atoms with E-state index < -0.39 is 0 Å². The van der Waals surface area contributed by atoms with E-state index in [1.165, 1.54) is 5.56 Å². The van der Waals surface area contributed by atoms with Crippen LogP contribution in [0, 0.1) is 5.41 Å². The topological polar surface area (TPSA) is 59.5 Å². The molecule has 2 saturated heterocycles. The van der Waals surface area contributed by atoms with Gasteiger partial charge in [0.2, 0.25) is 5.95 Å². The van der Waals surface area contributed by atoms with Gasteiger partial charge in [-0.15, -0.1) is 0 Å². The highest BCUT2D eigenvalue weighted by atomic mass is 16.5. The average Bonchev–Trinajstić information content (AvgIpc) is 3.20. The molecule has 0 aliphatic carbocycles. The first kappa shape index (κ1) is 17.0. The molecular weight excluding hydrogens is 340 g/mol. The van der Waals surface area contributed by atoms with Crippen molar-refractivity contribution in [3.63, 3.8) is 0 Å². The molecule has 1 aromatic carbocycles. The molecule has 1 N–H and O–H groups in total. The molecule has 6 heteroatoms. The van der Waals surface area contributed by atoms with Gasteiger partial charge in [0.25, 0.3) is 0 Å². The largest absolute Gasteiger partial charge is 0.493 e. The first-order chi connectivity index (χ1) is 13.3. The maximum absolute atomic E-state index is 5.99. The Morgan fingerprint density at radius 1 is 1.19 bits per heavy atom. The second-order valence-electron chi connectivity index (χ2n) is 8.15. The normalized spacial score (nSPS) is 23.5. The lowest BCUT2D eigenvalue weighted by molar-refractivity contribution is -0.0479. The minimum Gasteiger partial charge on any atom is -0.493 e. The third-order valence-electron chi connectivity index (χ3n) is 5.81. The monoisotopic (exact) mass is 366 g/mol. The van der Waals surface area contributed by atoms with E-state index in [1.807, 2.05) is 18.5 Å². The van der Waals surface area contributed by atoms with Crippen LogP contribution in [0.3, 0.4) is 0 Å². The van der Waals surface area contributed by atoms with Gasteiger partial charge in [-0.3, -0.25) is 4.90 Å². The van der Waals surface area contributed by atoms with Crippen LogP contribution in [-0.4, -0.2) is 53.8 Å². The Kier molecular flexibility index (Phi) is 4.45. The van der Waals surface area contributed by atoms with Crippen molar-refractivity contribution in [2.45, 2.75) is 31.9 Å². The Morgan fingerprint density at radius 2 is 2.04 bits per heavy atom. The summed E-state index contributed by atoms with van der Waals surface area (Å²) < 4.78 is 11.6. The van der Waals surface area contributed by atoms with Gasteiger partial charge in [0.15, 0.2) is 0 Å². The molecule has 27 heavy (non-hydrogen) atoms. The van der Waals surface area contributed by atoms with Gasteiger partial charge in [-0.2, -0.15) is 0 Å². The molecule has 1 atom stereocenters. The molecule has 1 spiro atoms.